The van der Waals surface area contributed by atoms with Crippen LogP contribution in [-0.2, 0) is 6.54 Å². The monoisotopic (exact) mass is 336 g/mol. The Morgan fingerprint density at radius 3 is 2.40 bits per heavy atom. The fraction of sp³-hybridized carbons (Fsp3) is 0.105. The summed E-state index contributed by atoms with van der Waals surface area (Å²) in [6.45, 7) is 2.39. The summed E-state index contributed by atoms with van der Waals surface area (Å²) in [7, 11) is 0. The summed E-state index contributed by atoms with van der Waals surface area (Å²) < 4.78 is 12.9. The van der Waals surface area contributed by atoms with Crippen LogP contribution in [0.1, 0.15) is 21.5 Å². The van der Waals surface area contributed by atoms with Gasteiger partial charge in [-0.25, -0.2) is 14.4 Å². The fourth-order valence-electron chi connectivity index (χ4n) is 2.23. The molecule has 3 rings (SSSR count). The third-order valence-corrected chi connectivity index (χ3v) is 3.67. The van der Waals surface area contributed by atoms with Crippen LogP contribution in [0.5, 0.6) is 0 Å². The normalized spacial score (nSPS) is 10.3. The fourth-order valence-corrected chi connectivity index (χ4v) is 2.23. The average molecular weight is 336 g/mol. The van der Waals surface area contributed by atoms with Crippen LogP contribution in [0.25, 0.3) is 0 Å². The molecule has 3 aromatic rings. The molecule has 25 heavy (non-hydrogen) atoms. The highest BCUT2D eigenvalue weighted by molar-refractivity contribution is 6.04. The second-order valence-corrected chi connectivity index (χ2v) is 5.54. The van der Waals surface area contributed by atoms with Gasteiger partial charge < -0.3 is 10.6 Å². The molecule has 6 heteroatoms. The SMILES string of the molecule is Cc1ccccc1NC(=O)c1cnc(NCc2ccc(F)cc2)nc1. The van der Waals surface area contributed by atoms with E-state index in [-0.39, 0.29) is 11.7 Å². The predicted molar refractivity (Wildman–Crippen MR) is 94.9 cm³/mol. The van der Waals surface area contributed by atoms with E-state index in [1.807, 2.05) is 31.2 Å². The van der Waals surface area contributed by atoms with E-state index < -0.39 is 0 Å². The molecule has 0 unspecified atom stereocenters. The lowest BCUT2D eigenvalue weighted by atomic mass is 10.2. The van der Waals surface area contributed by atoms with Crippen LogP contribution in [-0.4, -0.2) is 15.9 Å². The first-order valence-electron chi connectivity index (χ1n) is 7.79. The lowest BCUT2D eigenvalue weighted by molar-refractivity contribution is 0.102. The smallest absolute Gasteiger partial charge is 0.258 e. The van der Waals surface area contributed by atoms with Gasteiger partial charge in [-0.2, -0.15) is 0 Å². The minimum atomic E-state index is -0.274. The van der Waals surface area contributed by atoms with Crippen LogP contribution >= 0.6 is 0 Å². The van der Waals surface area contributed by atoms with E-state index in [2.05, 4.69) is 20.6 Å². The molecule has 0 aliphatic carbocycles. The number of halogens is 1. The van der Waals surface area contributed by atoms with E-state index >= 15 is 0 Å². The predicted octanol–water partition coefficient (Wildman–Crippen LogP) is 3.79. The number of aromatic nitrogens is 2. The van der Waals surface area contributed by atoms with Gasteiger partial charge in [-0.15, -0.1) is 0 Å². The molecule has 0 fully saturated rings. The van der Waals surface area contributed by atoms with Crippen LogP contribution in [0, 0.1) is 12.7 Å². The van der Waals surface area contributed by atoms with Crippen LogP contribution in [0.3, 0.4) is 0 Å². The molecule has 0 saturated heterocycles. The Hall–Kier alpha value is -3.28. The number of anilines is 2. The minimum absolute atomic E-state index is 0.264. The highest BCUT2D eigenvalue weighted by Gasteiger charge is 2.09. The minimum Gasteiger partial charge on any atom is -0.350 e. The second-order valence-electron chi connectivity index (χ2n) is 5.54. The van der Waals surface area contributed by atoms with Gasteiger partial charge in [0.15, 0.2) is 0 Å². The molecule has 1 aromatic heterocycles. The second kappa shape index (κ2) is 7.53. The molecule has 1 heterocycles. The van der Waals surface area contributed by atoms with E-state index in [0.717, 1.165) is 16.8 Å². The number of aryl methyl sites for hydroxylation is 1. The van der Waals surface area contributed by atoms with Crippen molar-refractivity contribution < 1.29 is 9.18 Å². The van der Waals surface area contributed by atoms with E-state index in [0.29, 0.717) is 18.1 Å². The summed E-state index contributed by atoms with van der Waals surface area (Å²) in [5, 5.41) is 5.86. The van der Waals surface area contributed by atoms with Crippen molar-refractivity contribution in [2.75, 3.05) is 10.6 Å². The number of hydrogen-bond donors (Lipinski definition) is 2. The van der Waals surface area contributed by atoms with Crippen molar-refractivity contribution in [3.63, 3.8) is 0 Å². The van der Waals surface area contributed by atoms with Crippen molar-refractivity contribution in [3.05, 3.63) is 83.4 Å². The van der Waals surface area contributed by atoms with E-state index in [1.54, 1.807) is 12.1 Å². The van der Waals surface area contributed by atoms with Crippen LogP contribution < -0.4 is 10.6 Å². The molecule has 0 radical (unpaired) electrons. The first kappa shape index (κ1) is 16.6. The Kier molecular flexibility index (Phi) is 4.99. The van der Waals surface area contributed by atoms with Gasteiger partial charge in [0.1, 0.15) is 5.82 Å². The number of nitrogens with one attached hydrogen (secondary N) is 2. The molecule has 0 aliphatic rings. The number of amides is 1. The maximum absolute atomic E-state index is 12.9. The van der Waals surface area contributed by atoms with Crippen molar-refractivity contribution in [1.82, 2.24) is 9.97 Å². The van der Waals surface area contributed by atoms with Crippen LogP contribution in [0.2, 0.25) is 0 Å². The summed E-state index contributed by atoms with van der Waals surface area (Å²) in [4.78, 5) is 20.5. The molecule has 2 N–H and O–H groups in total. The van der Waals surface area contributed by atoms with Crippen molar-refractivity contribution in [3.8, 4) is 0 Å². The van der Waals surface area contributed by atoms with Crippen molar-refractivity contribution in [2.24, 2.45) is 0 Å². The van der Waals surface area contributed by atoms with Crippen LogP contribution in [0.15, 0.2) is 60.9 Å². The van der Waals surface area contributed by atoms with Crippen molar-refractivity contribution >= 4 is 17.5 Å². The van der Waals surface area contributed by atoms with Gasteiger partial charge in [0.05, 0.1) is 5.56 Å². The lowest BCUT2D eigenvalue weighted by Crippen LogP contribution is -2.14. The van der Waals surface area contributed by atoms with Gasteiger partial charge in [0.25, 0.3) is 5.91 Å². The Bertz CT molecular complexity index is 863. The standard InChI is InChI=1S/C19H17FN4O/c1-13-4-2-3-5-17(13)24-18(25)15-11-22-19(23-12-15)21-10-14-6-8-16(20)9-7-14/h2-9,11-12H,10H2,1H3,(H,24,25)(H,21,22,23). The topological polar surface area (TPSA) is 66.9 Å². The zero-order valence-corrected chi connectivity index (χ0v) is 13.7. The third kappa shape index (κ3) is 4.38. The molecule has 5 nitrogen and oxygen atoms in total. The Labute approximate surface area is 145 Å². The maximum Gasteiger partial charge on any atom is 0.258 e. The first-order chi connectivity index (χ1) is 12.1. The largest absolute Gasteiger partial charge is 0.350 e. The number of nitrogens with zero attached hydrogens (tertiary/aromatic N) is 2. The highest BCUT2D eigenvalue weighted by Crippen LogP contribution is 2.14. The van der Waals surface area contributed by atoms with Gasteiger partial charge in [-0.1, -0.05) is 30.3 Å². The number of rotatable bonds is 5. The average Bonchev–Trinajstić information content (AvgIpc) is 2.63. The molecular weight excluding hydrogens is 319 g/mol. The van der Waals surface area contributed by atoms with E-state index in [1.165, 1.54) is 24.5 Å². The number of carbonyl (C=O) groups excluding carboxylic acids is 1. The van der Waals surface area contributed by atoms with E-state index in [9.17, 15) is 9.18 Å². The molecule has 0 bridgehead atoms. The Balaban J connectivity index is 1.60. The molecule has 0 atom stereocenters. The zero-order valence-electron chi connectivity index (χ0n) is 13.7. The number of para-hydroxylation sites is 1. The van der Waals surface area contributed by atoms with Crippen LogP contribution in [0.4, 0.5) is 16.0 Å². The van der Waals surface area contributed by atoms with Crippen molar-refractivity contribution in [1.29, 1.82) is 0 Å². The van der Waals surface area contributed by atoms with Gasteiger partial charge in [-0.05, 0) is 36.2 Å². The summed E-state index contributed by atoms with van der Waals surface area (Å²) >= 11 is 0. The van der Waals surface area contributed by atoms with Gasteiger partial charge in [0, 0.05) is 24.6 Å². The Morgan fingerprint density at radius 1 is 1.04 bits per heavy atom. The summed E-state index contributed by atoms with van der Waals surface area (Å²) in [5.41, 5.74) is 3.02. The molecule has 0 aliphatic heterocycles. The molecule has 0 saturated carbocycles. The lowest BCUT2D eigenvalue weighted by Gasteiger charge is -2.08. The summed E-state index contributed by atoms with van der Waals surface area (Å²) in [6, 6.07) is 13.7. The highest BCUT2D eigenvalue weighted by atomic mass is 19.1. The third-order valence-electron chi connectivity index (χ3n) is 3.67. The summed E-state index contributed by atoms with van der Waals surface area (Å²) in [6.07, 6.45) is 2.93. The van der Waals surface area contributed by atoms with Crippen molar-refractivity contribution in [2.45, 2.75) is 13.5 Å². The molecule has 1 amide bonds. The number of carbonyl (C=O) groups is 1. The molecule has 126 valence electrons. The number of hydrogen-bond acceptors (Lipinski definition) is 4. The summed E-state index contributed by atoms with van der Waals surface area (Å²) in [5.74, 6) is -0.139. The maximum atomic E-state index is 12.9. The quantitative estimate of drug-likeness (QED) is 0.744. The van der Waals surface area contributed by atoms with E-state index in [4.69, 9.17) is 0 Å². The van der Waals surface area contributed by atoms with Gasteiger partial charge >= 0.3 is 0 Å². The van der Waals surface area contributed by atoms with Gasteiger partial charge in [0.2, 0.25) is 5.95 Å². The van der Waals surface area contributed by atoms with Gasteiger partial charge in [-0.3, -0.25) is 4.79 Å². The first-order valence-corrected chi connectivity index (χ1v) is 7.79. The zero-order chi connectivity index (χ0) is 17.6. The molecular formula is C19H17FN4O. The Morgan fingerprint density at radius 2 is 1.72 bits per heavy atom. The number of benzene rings is 2. The molecule has 0 spiro atoms. The molecule has 2 aromatic carbocycles.